The first-order valence-electron chi connectivity index (χ1n) is 7.34. The quantitative estimate of drug-likeness (QED) is 0.633. The molecule has 1 amide bonds. The van der Waals surface area contributed by atoms with Crippen molar-refractivity contribution in [3.05, 3.63) is 34.9 Å². The lowest BCUT2D eigenvalue weighted by Gasteiger charge is -2.28. The first kappa shape index (κ1) is 15.2. The summed E-state index contributed by atoms with van der Waals surface area (Å²) < 4.78 is 0. The summed E-state index contributed by atoms with van der Waals surface area (Å²) in [4.78, 5) is 26.5. The summed E-state index contributed by atoms with van der Waals surface area (Å²) in [5, 5.41) is 9.28. The smallest absolute Gasteiger partial charge is 0.247 e. The Kier molecular flexibility index (Phi) is 4.74. The lowest BCUT2D eigenvalue weighted by atomic mass is 9.94. The molecule has 0 saturated carbocycles. The molecule has 21 heavy (non-hydrogen) atoms. The number of aryl methyl sites for hydroxylation is 2. The molecule has 4 heteroatoms. The van der Waals surface area contributed by atoms with E-state index >= 15 is 0 Å². The van der Waals surface area contributed by atoms with Crippen LogP contribution in [0.4, 0.5) is 0 Å². The summed E-state index contributed by atoms with van der Waals surface area (Å²) in [6.45, 7) is 5.10. The van der Waals surface area contributed by atoms with Gasteiger partial charge in [-0.25, -0.2) is 0 Å². The van der Waals surface area contributed by atoms with Gasteiger partial charge in [-0.1, -0.05) is 17.2 Å². The molecule has 110 valence electrons. The molecule has 1 aromatic rings. The molecule has 0 bridgehead atoms. The number of amides is 1. The van der Waals surface area contributed by atoms with E-state index in [9.17, 15) is 14.9 Å². The van der Waals surface area contributed by atoms with Gasteiger partial charge in [0.2, 0.25) is 5.91 Å². The Morgan fingerprint density at radius 1 is 1.10 bits per heavy atom. The van der Waals surface area contributed by atoms with Crippen molar-refractivity contribution in [2.75, 3.05) is 13.1 Å². The number of nitrogens with zero attached hydrogens (tertiary/aromatic N) is 2. The minimum absolute atomic E-state index is 0.346. The number of Topliss-reactive ketones (excluding diaryl/α,β-unsaturated/α-hetero) is 1. The normalized spacial score (nSPS) is 16.1. The highest BCUT2D eigenvalue weighted by molar-refractivity contribution is 6.12. The second-order valence-electron chi connectivity index (χ2n) is 5.69. The van der Waals surface area contributed by atoms with Crippen LogP contribution in [0.1, 0.15) is 40.7 Å². The van der Waals surface area contributed by atoms with Gasteiger partial charge in [-0.3, -0.25) is 9.59 Å². The molecule has 4 nitrogen and oxygen atoms in total. The number of benzene rings is 1. The molecule has 1 unspecified atom stereocenters. The van der Waals surface area contributed by atoms with E-state index in [1.807, 2.05) is 26.0 Å². The van der Waals surface area contributed by atoms with Crippen molar-refractivity contribution in [2.24, 2.45) is 5.92 Å². The maximum Gasteiger partial charge on any atom is 0.247 e. The number of likely N-dealkylation sites (tertiary alicyclic amines) is 1. The van der Waals surface area contributed by atoms with Gasteiger partial charge in [0.25, 0.3) is 0 Å². The average Bonchev–Trinajstić information content (AvgIpc) is 2.47. The molecule has 1 aliphatic rings. The maximum absolute atomic E-state index is 12.5. The molecule has 0 spiro atoms. The monoisotopic (exact) mass is 284 g/mol. The van der Waals surface area contributed by atoms with Crippen LogP contribution < -0.4 is 0 Å². The molecule has 0 aromatic heterocycles. The predicted molar refractivity (Wildman–Crippen MR) is 79.8 cm³/mol. The molecule has 1 heterocycles. The number of ketones is 1. The largest absolute Gasteiger partial charge is 0.341 e. The first-order chi connectivity index (χ1) is 10.0. The Bertz CT molecular complexity index is 575. The summed E-state index contributed by atoms with van der Waals surface area (Å²) in [6, 6.07) is 7.34. The van der Waals surface area contributed by atoms with E-state index in [-0.39, 0.29) is 11.7 Å². The number of carbonyl (C=O) groups excluding carboxylic acids is 2. The lowest BCUT2D eigenvalue weighted by Crippen LogP contribution is -2.41. The van der Waals surface area contributed by atoms with Crippen LogP contribution in [0.15, 0.2) is 18.2 Å². The van der Waals surface area contributed by atoms with Crippen LogP contribution in [-0.2, 0) is 4.79 Å². The van der Waals surface area contributed by atoms with Gasteiger partial charge >= 0.3 is 0 Å². The Morgan fingerprint density at radius 3 is 2.19 bits per heavy atom. The van der Waals surface area contributed by atoms with Gasteiger partial charge in [0.15, 0.2) is 11.7 Å². The van der Waals surface area contributed by atoms with E-state index < -0.39 is 5.92 Å². The van der Waals surface area contributed by atoms with E-state index in [4.69, 9.17) is 0 Å². The third-order valence-electron chi connectivity index (χ3n) is 3.81. The Morgan fingerprint density at radius 2 is 1.67 bits per heavy atom. The minimum Gasteiger partial charge on any atom is -0.341 e. The number of hydrogen-bond acceptors (Lipinski definition) is 3. The second kappa shape index (κ2) is 6.53. The molecule has 0 N–H and O–H groups in total. The lowest BCUT2D eigenvalue weighted by molar-refractivity contribution is -0.133. The summed E-state index contributed by atoms with van der Waals surface area (Å²) >= 11 is 0. The standard InChI is InChI=1S/C17H20N2O2/c1-12-8-13(2)10-14(9-12)16(20)15(11-18)17(21)19-6-4-3-5-7-19/h8-10,15H,3-7H2,1-2H3. The SMILES string of the molecule is Cc1cc(C)cc(C(=O)C(C#N)C(=O)N2CCCCC2)c1. The van der Waals surface area contributed by atoms with E-state index in [1.54, 1.807) is 17.0 Å². The highest BCUT2D eigenvalue weighted by Gasteiger charge is 2.32. The Hall–Kier alpha value is -2.15. The van der Waals surface area contributed by atoms with Crippen molar-refractivity contribution in [1.29, 1.82) is 5.26 Å². The molecule has 0 aliphatic carbocycles. The van der Waals surface area contributed by atoms with Crippen molar-refractivity contribution in [1.82, 2.24) is 4.90 Å². The fourth-order valence-corrected chi connectivity index (χ4v) is 2.81. The topological polar surface area (TPSA) is 61.2 Å². The number of hydrogen-bond donors (Lipinski definition) is 0. The van der Waals surface area contributed by atoms with Crippen LogP contribution in [-0.4, -0.2) is 29.7 Å². The van der Waals surface area contributed by atoms with Crippen LogP contribution in [0, 0.1) is 31.1 Å². The molecular weight excluding hydrogens is 264 g/mol. The molecule has 1 aliphatic heterocycles. The third kappa shape index (κ3) is 3.49. The first-order valence-corrected chi connectivity index (χ1v) is 7.34. The Balaban J connectivity index is 2.22. The predicted octanol–water partition coefficient (Wildman–Crippen LogP) is 2.64. The number of piperidine rings is 1. The molecule has 1 atom stereocenters. The summed E-state index contributed by atoms with van der Waals surface area (Å²) in [5.41, 5.74) is 2.37. The van der Waals surface area contributed by atoms with Gasteiger partial charge in [0.05, 0.1) is 6.07 Å². The van der Waals surface area contributed by atoms with E-state index in [0.29, 0.717) is 18.7 Å². The van der Waals surface area contributed by atoms with E-state index in [2.05, 4.69) is 0 Å². The van der Waals surface area contributed by atoms with Crippen molar-refractivity contribution < 1.29 is 9.59 Å². The van der Waals surface area contributed by atoms with Crippen molar-refractivity contribution in [2.45, 2.75) is 33.1 Å². The number of carbonyl (C=O) groups is 2. The highest BCUT2D eigenvalue weighted by Crippen LogP contribution is 2.18. The third-order valence-corrected chi connectivity index (χ3v) is 3.81. The zero-order valence-corrected chi connectivity index (χ0v) is 12.6. The van der Waals surface area contributed by atoms with Gasteiger partial charge in [-0.2, -0.15) is 5.26 Å². The van der Waals surface area contributed by atoms with Crippen LogP contribution in [0.2, 0.25) is 0 Å². The van der Waals surface area contributed by atoms with E-state index in [1.165, 1.54) is 0 Å². The average molecular weight is 284 g/mol. The summed E-state index contributed by atoms with van der Waals surface area (Å²) in [6.07, 6.45) is 3.00. The zero-order valence-electron chi connectivity index (χ0n) is 12.6. The Labute approximate surface area is 125 Å². The molecular formula is C17H20N2O2. The number of nitriles is 1. The van der Waals surface area contributed by atoms with Crippen molar-refractivity contribution in [3.8, 4) is 6.07 Å². The fraction of sp³-hybridized carbons (Fsp3) is 0.471. The maximum atomic E-state index is 12.5. The van der Waals surface area contributed by atoms with Crippen molar-refractivity contribution >= 4 is 11.7 Å². The van der Waals surface area contributed by atoms with Crippen LogP contribution in [0.25, 0.3) is 0 Å². The summed E-state index contributed by atoms with van der Waals surface area (Å²) in [5.74, 6) is -1.95. The zero-order chi connectivity index (χ0) is 15.4. The second-order valence-corrected chi connectivity index (χ2v) is 5.69. The van der Waals surface area contributed by atoms with Gasteiger partial charge in [-0.15, -0.1) is 0 Å². The van der Waals surface area contributed by atoms with Crippen LogP contribution in [0.5, 0.6) is 0 Å². The van der Waals surface area contributed by atoms with Gasteiger partial charge in [0.1, 0.15) is 0 Å². The molecule has 2 rings (SSSR count). The number of rotatable bonds is 3. The molecule has 1 fully saturated rings. The van der Waals surface area contributed by atoms with Gasteiger partial charge in [0, 0.05) is 18.7 Å². The van der Waals surface area contributed by atoms with Crippen LogP contribution in [0.3, 0.4) is 0 Å². The van der Waals surface area contributed by atoms with Gasteiger partial charge < -0.3 is 4.90 Å². The van der Waals surface area contributed by atoms with Crippen molar-refractivity contribution in [3.63, 3.8) is 0 Å². The van der Waals surface area contributed by atoms with E-state index in [0.717, 1.165) is 30.4 Å². The minimum atomic E-state index is -1.22. The van der Waals surface area contributed by atoms with Crippen LogP contribution >= 0.6 is 0 Å². The molecule has 1 aromatic carbocycles. The molecule has 0 radical (unpaired) electrons. The van der Waals surface area contributed by atoms with Gasteiger partial charge in [-0.05, 0) is 45.2 Å². The highest BCUT2D eigenvalue weighted by atomic mass is 16.2. The fourth-order valence-electron chi connectivity index (χ4n) is 2.81. The molecule has 1 saturated heterocycles. The summed E-state index contributed by atoms with van der Waals surface area (Å²) in [7, 11) is 0.